The molecule has 0 unspecified atom stereocenters. The summed E-state index contributed by atoms with van der Waals surface area (Å²) >= 11 is 0. The predicted molar refractivity (Wildman–Crippen MR) is 109 cm³/mol. The van der Waals surface area contributed by atoms with Crippen molar-refractivity contribution in [2.24, 2.45) is 0 Å². The molecule has 0 amide bonds. The maximum Gasteiger partial charge on any atom is 0.107 e. The van der Waals surface area contributed by atoms with Crippen molar-refractivity contribution in [3.8, 4) is 12.3 Å². The Bertz CT molecular complexity index is 341. The monoisotopic (exact) mass is 421 g/mol. The van der Waals surface area contributed by atoms with Gasteiger partial charge in [0.05, 0.1) is 99.1 Å². The van der Waals surface area contributed by atoms with Crippen molar-refractivity contribution in [1.82, 2.24) is 5.32 Å². The first-order valence-corrected chi connectivity index (χ1v) is 10.1. The van der Waals surface area contributed by atoms with Crippen molar-refractivity contribution in [3.05, 3.63) is 0 Å². The highest BCUT2D eigenvalue weighted by atomic mass is 16.6. The van der Waals surface area contributed by atoms with Gasteiger partial charge in [-0.15, -0.1) is 6.42 Å². The number of ether oxygens (including phenoxy) is 8. The van der Waals surface area contributed by atoms with Crippen LogP contribution in [0.15, 0.2) is 0 Å². The highest BCUT2D eigenvalue weighted by Gasteiger charge is 1.94. The fraction of sp³-hybridized carbons (Fsp3) is 0.900. The number of likely N-dealkylation sites (N-methyl/N-ethyl adjacent to an activating group) is 1. The van der Waals surface area contributed by atoms with E-state index in [0.717, 1.165) is 6.54 Å². The largest absolute Gasteiger partial charge is 0.378 e. The first-order chi connectivity index (χ1) is 14.4. The van der Waals surface area contributed by atoms with Gasteiger partial charge in [0.15, 0.2) is 0 Å². The highest BCUT2D eigenvalue weighted by Crippen LogP contribution is 1.85. The summed E-state index contributed by atoms with van der Waals surface area (Å²) in [6, 6.07) is 0. The Labute approximate surface area is 175 Å². The summed E-state index contributed by atoms with van der Waals surface area (Å²) in [6.07, 6.45) is 5.06. The lowest BCUT2D eigenvalue weighted by atomic mass is 10.6. The minimum absolute atomic E-state index is 0.316. The molecular formula is C20H39NO8. The standard InChI is InChI=1S/C20H39NO8/c1-3-5-22-7-9-24-11-13-26-15-17-28-19-20-29-18-16-27-14-12-25-10-8-23-6-4-21-2/h1,21H,4-20H2,2H3. The molecule has 0 aliphatic heterocycles. The van der Waals surface area contributed by atoms with Crippen molar-refractivity contribution in [3.63, 3.8) is 0 Å². The number of hydrogen-bond donors (Lipinski definition) is 1. The maximum absolute atomic E-state index is 5.41. The molecule has 0 aromatic carbocycles. The van der Waals surface area contributed by atoms with E-state index in [4.69, 9.17) is 44.3 Å². The summed E-state index contributed by atoms with van der Waals surface area (Å²) in [4.78, 5) is 0. The molecule has 172 valence electrons. The van der Waals surface area contributed by atoms with E-state index < -0.39 is 0 Å². The molecule has 0 fully saturated rings. The van der Waals surface area contributed by atoms with Crippen LogP contribution >= 0.6 is 0 Å². The Morgan fingerprint density at radius 2 is 0.759 bits per heavy atom. The second kappa shape index (κ2) is 27.2. The molecule has 0 aliphatic carbocycles. The second-order valence-electron chi connectivity index (χ2n) is 5.65. The molecule has 0 saturated carbocycles. The lowest BCUT2D eigenvalue weighted by Gasteiger charge is -2.08. The van der Waals surface area contributed by atoms with Crippen LogP contribution in [-0.4, -0.2) is 119 Å². The quantitative estimate of drug-likeness (QED) is 0.161. The summed E-state index contributed by atoms with van der Waals surface area (Å²) in [5.41, 5.74) is 0. The van der Waals surface area contributed by atoms with E-state index in [2.05, 4.69) is 11.2 Å². The van der Waals surface area contributed by atoms with Crippen molar-refractivity contribution >= 4 is 0 Å². The Morgan fingerprint density at radius 3 is 1.03 bits per heavy atom. The van der Waals surface area contributed by atoms with E-state index in [9.17, 15) is 0 Å². The van der Waals surface area contributed by atoms with Gasteiger partial charge in [-0.1, -0.05) is 5.92 Å². The zero-order valence-corrected chi connectivity index (χ0v) is 17.9. The highest BCUT2D eigenvalue weighted by molar-refractivity contribution is 4.82. The zero-order valence-electron chi connectivity index (χ0n) is 17.9. The number of terminal acetylenes is 1. The van der Waals surface area contributed by atoms with Gasteiger partial charge in [0, 0.05) is 6.54 Å². The minimum atomic E-state index is 0.316. The van der Waals surface area contributed by atoms with Crippen molar-refractivity contribution in [1.29, 1.82) is 0 Å². The smallest absolute Gasteiger partial charge is 0.107 e. The minimum Gasteiger partial charge on any atom is -0.378 e. The van der Waals surface area contributed by atoms with E-state index in [1.54, 1.807) is 0 Å². The Morgan fingerprint density at radius 1 is 0.483 bits per heavy atom. The third-order valence-corrected chi connectivity index (χ3v) is 3.29. The SMILES string of the molecule is C#CCOCCOCCOCCOCCOCCOCCOCCOCCNC. The maximum atomic E-state index is 5.41. The molecule has 0 rings (SSSR count). The molecule has 0 spiro atoms. The van der Waals surface area contributed by atoms with Gasteiger partial charge >= 0.3 is 0 Å². The van der Waals surface area contributed by atoms with Gasteiger partial charge in [-0.25, -0.2) is 0 Å². The average Bonchev–Trinajstić information content (AvgIpc) is 2.74. The van der Waals surface area contributed by atoms with Gasteiger partial charge in [0.2, 0.25) is 0 Å². The Kier molecular flexibility index (Phi) is 26.4. The normalized spacial score (nSPS) is 11.0. The molecule has 1 N–H and O–H groups in total. The van der Waals surface area contributed by atoms with Crippen LogP contribution in [0.2, 0.25) is 0 Å². The van der Waals surface area contributed by atoms with Crippen molar-refractivity contribution in [2.45, 2.75) is 0 Å². The zero-order chi connectivity index (χ0) is 21.1. The van der Waals surface area contributed by atoms with Crippen molar-refractivity contribution in [2.75, 3.05) is 119 Å². The van der Waals surface area contributed by atoms with E-state index in [1.165, 1.54) is 0 Å². The van der Waals surface area contributed by atoms with Gasteiger partial charge in [-0.05, 0) is 7.05 Å². The van der Waals surface area contributed by atoms with Crippen LogP contribution in [0.25, 0.3) is 0 Å². The van der Waals surface area contributed by atoms with Crippen LogP contribution < -0.4 is 5.32 Å². The van der Waals surface area contributed by atoms with Crippen LogP contribution in [0.1, 0.15) is 0 Å². The molecule has 9 nitrogen and oxygen atoms in total. The summed E-state index contributed by atoms with van der Waals surface area (Å²) in [7, 11) is 1.89. The molecule has 0 atom stereocenters. The van der Waals surface area contributed by atoms with Gasteiger partial charge in [-0.2, -0.15) is 0 Å². The number of hydrogen-bond acceptors (Lipinski definition) is 9. The van der Waals surface area contributed by atoms with Gasteiger partial charge < -0.3 is 43.2 Å². The van der Waals surface area contributed by atoms with E-state index in [-0.39, 0.29) is 0 Å². The van der Waals surface area contributed by atoms with E-state index in [1.807, 2.05) is 7.05 Å². The van der Waals surface area contributed by atoms with Gasteiger partial charge in [-0.3, -0.25) is 0 Å². The lowest BCUT2D eigenvalue weighted by molar-refractivity contribution is -0.0224. The Hall–Kier alpha value is -0.800. The third kappa shape index (κ3) is 27.2. The van der Waals surface area contributed by atoms with Gasteiger partial charge in [0.25, 0.3) is 0 Å². The first kappa shape index (κ1) is 28.2. The lowest BCUT2D eigenvalue weighted by Crippen LogP contribution is -2.17. The van der Waals surface area contributed by atoms with Crippen LogP contribution in [0, 0.1) is 12.3 Å². The first-order valence-electron chi connectivity index (χ1n) is 10.1. The molecule has 29 heavy (non-hydrogen) atoms. The fourth-order valence-electron chi connectivity index (χ4n) is 1.84. The topological polar surface area (TPSA) is 85.9 Å². The van der Waals surface area contributed by atoms with Crippen LogP contribution in [0.5, 0.6) is 0 Å². The average molecular weight is 422 g/mol. The molecule has 0 aromatic rings. The summed E-state index contributed by atoms with van der Waals surface area (Å²) in [5, 5.41) is 3.01. The third-order valence-electron chi connectivity index (χ3n) is 3.29. The van der Waals surface area contributed by atoms with Crippen LogP contribution in [-0.2, 0) is 37.9 Å². The summed E-state index contributed by atoms with van der Waals surface area (Å²) in [6.45, 7) is 9.43. The summed E-state index contributed by atoms with van der Waals surface area (Å²) < 4.78 is 42.7. The Balaban J connectivity index is 2.98. The second-order valence-corrected chi connectivity index (χ2v) is 5.65. The number of nitrogens with one attached hydrogen (secondary N) is 1. The molecular weight excluding hydrogens is 382 g/mol. The number of rotatable bonds is 25. The fourth-order valence-corrected chi connectivity index (χ4v) is 1.84. The van der Waals surface area contributed by atoms with Crippen molar-refractivity contribution < 1.29 is 37.9 Å². The molecule has 9 heteroatoms. The predicted octanol–water partition coefficient (Wildman–Crippen LogP) is -0.0282. The van der Waals surface area contributed by atoms with Gasteiger partial charge in [0.1, 0.15) is 6.61 Å². The molecule has 0 aromatic heterocycles. The molecule has 0 aliphatic rings. The summed E-state index contributed by atoms with van der Waals surface area (Å²) in [5.74, 6) is 2.39. The van der Waals surface area contributed by atoms with Crippen LogP contribution in [0.3, 0.4) is 0 Å². The van der Waals surface area contributed by atoms with E-state index >= 15 is 0 Å². The molecule has 0 radical (unpaired) electrons. The molecule has 0 bridgehead atoms. The molecule has 0 saturated heterocycles. The van der Waals surface area contributed by atoms with E-state index in [0.29, 0.717) is 106 Å². The molecule has 0 heterocycles. The van der Waals surface area contributed by atoms with Crippen LogP contribution in [0.4, 0.5) is 0 Å².